The third-order valence-corrected chi connectivity index (χ3v) is 6.26. The van der Waals surface area contributed by atoms with E-state index in [1.807, 2.05) is 30.3 Å². The molecular weight excluding hydrogens is 411 g/mol. The molecule has 0 spiro atoms. The first-order valence-corrected chi connectivity index (χ1v) is 10.2. The number of carbonyl (C=O) groups is 1. The Morgan fingerprint density at radius 2 is 2.03 bits per heavy atom. The van der Waals surface area contributed by atoms with Crippen LogP contribution in [0.3, 0.4) is 0 Å². The van der Waals surface area contributed by atoms with Gasteiger partial charge >= 0.3 is 5.97 Å². The first-order chi connectivity index (χ1) is 14.4. The second-order valence-electron chi connectivity index (χ2n) is 6.86. The molecule has 0 radical (unpaired) electrons. The van der Waals surface area contributed by atoms with E-state index in [2.05, 4.69) is 15.0 Å². The van der Waals surface area contributed by atoms with Crippen LogP contribution in [0.2, 0.25) is 0 Å². The summed E-state index contributed by atoms with van der Waals surface area (Å²) in [6.45, 7) is 1.58. The maximum atomic E-state index is 15.6. The Labute approximate surface area is 176 Å². The highest BCUT2D eigenvalue weighted by atomic mass is 32.2. The Kier molecular flexibility index (Phi) is 5.73. The van der Waals surface area contributed by atoms with E-state index in [1.54, 1.807) is 4.57 Å². The van der Waals surface area contributed by atoms with Gasteiger partial charge in [0.2, 0.25) is 5.95 Å². The third-order valence-electron chi connectivity index (χ3n) is 4.74. The van der Waals surface area contributed by atoms with Gasteiger partial charge in [-0.2, -0.15) is 9.97 Å². The summed E-state index contributed by atoms with van der Waals surface area (Å²) in [7, 11) is 0. The van der Waals surface area contributed by atoms with Crippen molar-refractivity contribution in [2.24, 2.45) is 0 Å². The molecule has 1 aromatic carbocycles. The van der Waals surface area contributed by atoms with Gasteiger partial charge in [-0.1, -0.05) is 30.3 Å². The standard InChI is InChI=1S/C19H21FN6O3S/c1-10(27)28-8-12-15(29-7-11-5-3-2-4-6-11)13(20)18(30-12)26-9-23-14-16(21)24-19(22)25-17(14)26/h2-6,9,12-13,15,18H,7-8H2,1H3,(H4,21,22,24,25)/t12-,13+,15-,18?/m1/s1. The summed E-state index contributed by atoms with van der Waals surface area (Å²) in [6, 6.07) is 9.48. The van der Waals surface area contributed by atoms with E-state index in [0.717, 1.165) is 5.56 Å². The summed E-state index contributed by atoms with van der Waals surface area (Å²) in [5, 5.41) is -1.11. The van der Waals surface area contributed by atoms with Crippen molar-refractivity contribution in [3.63, 3.8) is 0 Å². The van der Waals surface area contributed by atoms with Crippen molar-refractivity contribution < 1.29 is 18.7 Å². The SMILES string of the molecule is CC(=O)OC[C@H]1SC(n2cnc3c(N)nc(N)nc32)[C@@H](F)[C@@H]1OCc1ccccc1. The zero-order valence-electron chi connectivity index (χ0n) is 16.1. The summed E-state index contributed by atoms with van der Waals surface area (Å²) in [6.07, 6.45) is -0.746. The van der Waals surface area contributed by atoms with Crippen molar-refractivity contribution >= 4 is 40.7 Å². The molecule has 3 heterocycles. The molecule has 4 atom stereocenters. The highest BCUT2D eigenvalue weighted by Crippen LogP contribution is 2.46. The predicted molar refractivity (Wildman–Crippen MR) is 111 cm³/mol. The highest BCUT2D eigenvalue weighted by molar-refractivity contribution is 8.00. The smallest absolute Gasteiger partial charge is 0.302 e. The van der Waals surface area contributed by atoms with Crippen molar-refractivity contribution in [2.75, 3.05) is 18.1 Å². The van der Waals surface area contributed by atoms with Crippen LogP contribution in [0, 0.1) is 0 Å². The molecule has 1 aliphatic heterocycles. The Morgan fingerprint density at radius 1 is 1.27 bits per heavy atom. The van der Waals surface area contributed by atoms with E-state index >= 15 is 4.39 Å². The normalized spacial score (nSPS) is 23.7. The lowest BCUT2D eigenvalue weighted by Gasteiger charge is -2.21. The molecule has 4 N–H and O–H groups in total. The molecule has 4 rings (SSSR count). The Morgan fingerprint density at radius 3 is 2.77 bits per heavy atom. The topological polar surface area (TPSA) is 131 Å². The number of fused-ring (bicyclic) bond motifs is 1. The molecule has 0 saturated carbocycles. The molecule has 1 saturated heterocycles. The van der Waals surface area contributed by atoms with E-state index in [1.165, 1.54) is 25.0 Å². The number of carbonyl (C=O) groups excluding carboxylic acids is 1. The van der Waals surface area contributed by atoms with E-state index in [9.17, 15) is 4.79 Å². The summed E-state index contributed by atoms with van der Waals surface area (Å²) in [5.41, 5.74) is 13.2. The average Bonchev–Trinajstić information content (AvgIpc) is 3.26. The maximum Gasteiger partial charge on any atom is 0.302 e. The molecule has 30 heavy (non-hydrogen) atoms. The molecular formula is C19H21FN6O3S. The number of ether oxygens (including phenoxy) is 2. The number of nitrogens with zero attached hydrogens (tertiary/aromatic N) is 4. The number of benzene rings is 1. The lowest BCUT2D eigenvalue weighted by molar-refractivity contribution is -0.141. The van der Waals surface area contributed by atoms with Crippen LogP contribution in [0.15, 0.2) is 36.7 Å². The first-order valence-electron chi connectivity index (χ1n) is 9.28. The zero-order valence-corrected chi connectivity index (χ0v) is 17.0. The lowest BCUT2D eigenvalue weighted by Crippen LogP contribution is -2.34. The predicted octanol–water partition coefficient (Wildman–Crippen LogP) is 2.09. The number of thioether (sulfide) groups is 1. The van der Waals surface area contributed by atoms with Crippen LogP contribution in [-0.2, 0) is 20.9 Å². The number of esters is 1. The number of hydrogen-bond acceptors (Lipinski definition) is 9. The van der Waals surface area contributed by atoms with E-state index in [0.29, 0.717) is 11.2 Å². The molecule has 9 nitrogen and oxygen atoms in total. The number of nitrogen functional groups attached to an aromatic ring is 2. The molecule has 1 aliphatic rings. The largest absolute Gasteiger partial charge is 0.465 e. The number of anilines is 2. The van der Waals surface area contributed by atoms with Gasteiger partial charge in [0.05, 0.1) is 18.2 Å². The quantitative estimate of drug-likeness (QED) is 0.562. The highest BCUT2D eigenvalue weighted by Gasteiger charge is 2.47. The third kappa shape index (κ3) is 4.03. The molecule has 0 aliphatic carbocycles. The van der Waals surface area contributed by atoms with Crippen LogP contribution in [0.1, 0.15) is 17.9 Å². The van der Waals surface area contributed by atoms with Gasteiger partial charge in [0.25, 0.3) is 0 Å². The first kappa shape index (κ1) is 20.4. The molecule has 1 unspecified atom stereocenters. The van der Waals surface area contributed by atoms with Gasteiger partial charge in [0, 0.05) is 6.92 Å². The fourth-order valence-corrected chi connectivity index (χ4v) is 4.84. The molecule has 158 valence electrons. The van der Waals surface area contributed by atoms with Crippen LogP contribution < -0.4 is 11.5 Å². The van der Waals surface area contributed by atoms with Crippen molar-refractivity contribution in [1.29, 1.82) is 0 Å². The van der Waals surface area contributed by atoms with Crippen LogP contribution in [-0.4, -0.2) is 49.6 Å². The second kappa shape index (κ2) is 8.44. The molecule has 11 heteroatoms. The molecule has 0 amide bonds. The molecule has 0 bridgehead atoms. The number of aromatic nitrogens is 4. The Hall–Kier alpha value is -2.92. The maximum absolute atomic E-state index is 15.6. The minimum atomic E-state index is -1.41. The number of alkyl halides is 1. The fourth-order valence-electron chi connectivity index (χ4n) is 3.36. The average molecular weight is 432 g/mol. The minimum absolute atomic E-state index is 0.0199. The van der Waals surface area contributed by atoms with Crippen molar-refractivity contribution in [3.8, 4) is 0 Å². The van der Waals surface area contributed by atoms with E-state index in [4.69, 9.17) is 20.9 Å². The van der Waals surface area contributed by atoms with Crippen molar-refractivity contribution in [1.82, 2.24) is 19.5 Å². The van der Waals surface area contributed by atoms with Crippen LogP contribution in [0.4, 0.5) is 16.2 Å². The van der Waals surface area contributed by atoms with Gasteiger partial charge in [0.1, 0.15) is 23.6 Å². The zero-order chi connectivity index (χ0) is 21.3. The van der Waals surface area contributed by atoms with Gasteiger partial charge in [0.15, 0.2) is 17.6 Å². The number of halogens is 1. The van der Waals surface area contributed by atoms with Crippen LogP contribution in [0.25, 0.3) is 11.2 Å². The van der Waals surface area contributed by atoms with Crippen LogP contribution in [0.5, 0.6) is 0 Å². The number of hydrogen-bond donors (Lipinski definition) is 2. The van der Waals surface area contributed by atoms with Crippen molar-refractivity contribution in [3.05, 3.63) is 42.2 Å². The number of imidazole rings is 1. The summed E-state index contributed by atoms with van der Waals surface area (Å²) >= 11 is 1.29. The molecule has 3 aromatic rings. The fraction of sp³-hybridized carbons (Fsp3) is 0.368. The Bertz CT molecular complexity index is 1050. The van der Waals surface area contributed by atoms with Crippen molar-refractivity contribution in [2.45, 2.75) is 36.4 Å². The number of nitrogens with two attached hydrogens (primary N) is 2. The molecule has 2 aromatic heterocycles. The van der Waals surface area contributed by atoms with Gasteiger partial charge in [-0.25, -0.2) is 9.37 Å². The minimum Gasteiger partial charge on any atom is -0.465 e. The Balaban J connectivity index is 1.60. The lowest BCUT2D eigenvalue weighted by atomic mass is 10.1. The van der Waals surface area contributed by atoms with E-state index in [-0.39, 0.29) is 25.0 Å². The summed E-state index contributed by atoms with van der Waals surface area (Å²) in [4.78, 5) is 23.6. The summed E-state index contributed by atoms with van der Waals surface area (Å²) < 4.78 is 28.2. The number of rotatable bonds is 6. The van der Waals surface area contributed by atoms with Crippen LogP contribution >= 0.6 is 11.8 Å². The second-order valence-corrected chi connectivity index (χ2v) is 8.23. The summed E-state index contributed by atoms with van der Waals surface area (Å²) in [5.74, 6) is -0.325. The molecule has 1 fully saturated rings. The van der Waals surface area contributed by atoms with Gasteiger partial charge in [-0.3, -0.25) is 9.36 Å². The van der Waals surface area contributed by atoms with Gasteiger partial charge < -0.3 is 20.9 Å². The van der Waals surface area contributed by atoms with Gasteiger partial charge in [-0.05, 0) is 5.56 Å². The van der Waals surface area contributed by atoms with Gasteiger partial charge in [-0.15, -0.1) is 11.8 Å². The monoisotopic (exact) mass is 432 g/mol. The van der Waals surface area contributed by atoms with E-state index < -0.39 is 28.9 Å².